The van der Waals surface area contributed by atoms with E-state index < -0.39 is 0 Å². The van der Waals surface area contributed by atoms with Gasteiger partial charge < -0.3 is 10.1 Å². The molecule has 0 aromatic heterocycles. The number of rotatable bonds is 6. The number of carbonyl (C=O) groups excluding carboxylic acids is 1. The van der Waals surface area contributed by atoms with Gasteiger partial charge in [0.05, 0.1) is 13.2 Å². The van der Waals surface area contributed by atoms with Crippen LogP contribution in [0.25, 0.3) is 0 Å². The number of nitrogens with zero attached hydrogens (tertiary/aromatic N) is 1. The van der Waals surface area contributed by atoms with Gasteiger partial charge in [-0.25, -0.2) is 0 Å². The maximum Gasteiger partial charge on any atom is 0.238 e. The van der Waals surface area contributed by atoms with Crippen LogP contribution in [0.1, 0.15) is 24.5 Å². The lowest BCUT2D eigenvalue weighted by atomic mass is 10.1. The molecular formula is C17H26N2O2. The Hall–Kier alpha value is -1.39. The largest absolute Gasteiger partial charge is 0.381 e. The van der Waals surface area contributed by atoms with E-state index in [-0.39, 0.29) is 5.91 Å². The van der Waals surface area contributed by atoms with Crippen molar-refractivity contribution in [3.05, 3.63) is 29.3 Å². The highest BCUT2D eigenvalue weighted by atomic mass is 16.5. The number of amides is 1. The predicted octanol–water partition coefficient (Wildman–Crippen LogP) is 2.60. The highest BCUT2D eigenvalue weighted by Crippen LogP contribution is 2.17. The van der Waals surface area contributed by atoms with Gasteiger partial charge in [-0.3, -0.25) is 9.69 Å². The first kappa shape index (κ1) is 16.0. The summed E-state index contributed by atoms with van der Waals surface area (Å²) in [4.78, 5) is 14.4. The highest BCUT2D eigenvalue weighted by molar-refractivity contribution is 5.93. The standard InChI is InChI=1S/C17H26N2O2/c1-4-19(10-15-7-8-21-12-15)11-17(20)18-16-6-5-13(2)9-14(16)3/h5-6,9,15H,4,7-8,10-12H2,1-3H3,(H,18,20). The third-order valence-electron chi connectivity index (χ3n) is 4.01. The zero-order chi connectivity index (χ0) is 15.2. The molecule has 1 heterocycles. The molecule has 116 valence electrons. The Balaban J connectivity index is 1.86. The Morgan fingerprint density at radius 3 is 2.86 bits per heavy atom. The van der Waals surface area contributed by atoms with E-state index in [1.807, 2.05) is 19.1 Å². The number of hydrogen-bond acceptors (Lipinski definition) is 3. The summed E-state index contributed by atoms with van der Waals surface area (Å²) < 4.78 is 5.40. The van der Waals surface area contributed by atoms with E-state index >= 15 is 0 Å². The third-order valence-corrected chi connectivity index (χ3v) is 4.01. The fraction of sp³-hybridized carbons (Fsp3) is 0.588. The average molecular weight is 290 g/mol. The molecular weight excluding hydrogens is 264 g/mol. The van der Waals surface area contributed by atoms with Crippen LogP contribution in [0.2, 0.25) is 0 Å². The summed E-state index contributed by atoms with van der Waals surface area (Å²) in [5.41, 5.74) is 3.23. The molecule has 0 radical (unpaired) electrons. The average Bonchev–Trinajstić information content (AvgIpc) is 2.94. The Kier molecular flexibility index (Phi) is 5.76. The minimum Gasteiger partial charge on any atom is -0.381 e. The van der Waals surface area contributed by atoms with E-state index in [1.54, 1.807) is 0 Å². The normalized spacial score (nSPS) is 18.2. The van der Waals surface area contributed by atoms with Crippen molar-refractivity contribution >= 4 is 11.6 Å². The summed E-state index contributed by atoms with van der Waals surface area (Å²) in [6.07, 6.45) is 1.11. The molecule has 0 saturated carbocycles. The van der Waals surface area contributed by atoms with Crippen molar-refractivity contribution in [1.82, 2.24) is 4.90 Å². The molecule has 0 aliphatic carbocycles. The summed E-state index contributed by atoms with van der Waals surface area (Å²) in [5.74, 6) is 0.626. The summed E-state index contributed by atoms with van der Waals surface area (Å²) in [5, 5.41) is 3.02. The number of aryl methyl sites for hydroxylation is 2. The fourth-order valence-electron chi connectivity index (χ4n) is 2.74. The summed E-state index contributed by atoms with van der Waals surface area (Å²) in [6.45, 7) is 10.1. The molecule has 1 N–H and O–H groups in total. The Labute approximate surface area is 127 Å². The molecule has 1 unspecified atom stereocenters. The number of benzene rings is 1. The van der Waals surface area contributed by atoms with E-state index in [4.69, 9.17) is 4.74 Å². The number of ether oxygens (including phenoxy) is 1. The molecule has 2 rings (SSSR count). The first-order valence-corrected chi connectivity index (χ1v) is 7.75. The van der Waals surface area contributed by atoms with Gasteiger partial charge in [0, 0.05) is 18.8 Å². The summed E-state index contributed by atoms with van der Waals surface area (Å²) in [6, 6.07) is 6.09. The molecule has 0 spiro atoms. The zero-order valence-corrected chi connectivity index (χ0v) is 13.3. The van der Waals surface area contributed by atoms with Crippen LogP contribution in [0.4, 0.5) is 5.69 Å². The smallest absolute Gasteiger partial charge is 0.238 e. The fourth-order valence-corrected chi connectivity index (χ4v) is 2.74. The van der Waals surface area contributed by atoms with Gasteiger partial charge in [-0.1, -0.05) is 24.6 Å². The van der Waals surface area contributed by atoms with Crippen LogP contribution in [0.15, 0.2) is 18.2 Å². The van der Waals surface area contributed by atoms with Crippen LogP contribution in [0.3, 0.4) is 0 Å². The number of nitrogens with one attached hydrogen (secondary N) is 1. The van der Waals surface area contributed by atoms with Crippen molar-refractivity contribution in [2.24, 2.45) is 5.92 Å². The number of carbonyl (C=O) groups is 1. The van der Waals surface area contributed by atoms with Gasteiger partial charge in [0.15, 0.2) is 0 Å². The predicted molar refractivity (Wildman–Crippen MR) is 85.6 cm³/mol. The van der Waals surface area contributed by atoms with Crippen molar-refractivity contribution in [1.29, 1.82) is 0 Å². The van der Waals surface area contributed by atoms with Crippen molar-refractivity contribution in [2.75, 3.05) is 38.2 Å². The van der Waals surface area contributed by atoms with Gasteiger partial charge >= 0.3 is 0 Å². The highest BCUT2D eigenvalue weighted by Gasteiger charge is 2.20. The molecule has 1 saturated heterocycles. The minimum absolute atomic E-state index is 0.0581. The molecule has 1 aliphatic heterocycles. The third kappa shape index (κ3) is 4.83. The maximum absolute atomic E-state index is 12.2. The van der Waals surface area contributed by atoms with E-state index in [0.717, 1.165) is 44.0 Å². The van der Waals surface area contributed by atoms with Crippen LogP contribution in [0.5, 0.6) is 0 Å². The van der Waals surface area contributed by atoms with Crippen LogP contribution in [-0.2, 0) is 9.53 Å². The van der Waals surface area contributed by atoms with Gasteiger partial charge in [0.1, 0.15) is 0 Å². The van der Waals surface area contributed by atoms with Gasteiger partial charge in [-0.15, -0.1) is 0 Å². The molecule has 1 fully saturated rings. The quantitative estimate of drug-likeness (QED) is 0.875. The lowest BCUT2D eigenvalue weighted by Gasteiger charge is -2.23. The minimum atomic E-state index is 0.0581. The second kappa shape index (κ2) is 7.57. The molecule has 1 aromatic rings. The number of hydrogen-bond donors (Lipinski definition) is 1. The number of anilines is 1. The van der Waals surface area contributed by atoms with Crippen molar-refractivity contribution in [2.45, 2.75) is 27.2 Å². The van der Waals surface area contributed by atoms with Crippen LogP contribution in [0, 0.1) is 19.8 Å². The lowest BCUT2D eigenvalue weighted by Crippen LogP contribution is -2.36. The molecule has 21 heavy (non-hydrogen) atoms. The van der Waals surface area contributed by atoms with Crippen molar-refractivity contribution in [3.8, 4) is 0 Å². The topological polar surface area (TPSA) is 41.6 Å². The zero-order valence-electron chi connectivity index (χ0n) is 13.3. The Bertz CT molecular complexity index is 482. The van der Waals surface area contributed by atoms with E-state index in [2.05, 4.69) is 30.1 Å². The molecule has 4 nitrogen and oxygen atoms in total. The second-order valence-corrected chi connectivity index (χ2v) is 5.92. The molecule has 1 aromatic carbocycles. The second-order valence-electron chi connectivity index (χ2n) is 5.92. The SMILES string of the molecule is CCN(CC(=O)Nc1ccc(C)cc1C)CC1CCOC1. The van der Waals surface area contributed by atoms with E-state index in [1.165, 1.54) is 5.56 Å². The van der Waals surface area contributed by atoms with E-state index in [9.17, 15) is 4.79 Å². The van der Waals surface area contributed by atoms with Crippen LogP contribution >= 0.6 is 0 Å². The van der Waals surface area contributed by atoms with Gasteiger partial charge in [0.2, 0.25) is 5.91 Å². The number of likely N-dealkylation sites (N-methyl/N-ethyl adjacent to an activating group) is 1. The molecule has 4 heteroatoms. The molecule has 1 amide bonds. The van der Waals surface area contributed by atoms with Gasteiger partial charge in [0.25, 0.3) is 0 Å². The van der Waals surface area contributed by atoms with Gasteiger partial charge in [-0.05, 0) is 44.4 Å². The summed E-state index contributed by atoms with van der Waals surface area (Å²) >= 11 is 0. The Morgan fingerprint density at radius 2 is 2.24 bits per heavy atom. The molecule has 0 bridgehead atoms. The monoisotopic (exact) mass is 290 g/mol. The first-order valence-electron chi connectivity index (χ1n) is 7.75. The summed E-state index contributed by atoms with van der Waals surface area (Å²) in [7, 11) is 0. The molecule has 1 atom stereocenters. The van der Waals surface area contributed by atoms with Gasteiger partial charge in [-0.2, -0.15) is 0 Å². The van der Waals surface area contributed by atoms with Crippen molar-refractivity contribution in [3.63, 3.8) is 0 Å². The van der Waals surface area contributed by atoms with Crippen LogP contribution < -0.4 is 5.32 Å². The van der Waals surface area contributed by atoms with Crippen molar-refractivity contribution < 1.29 is 9.53 Å². The van der Waals surface area contributed by atoms with Crippen LogP contribution in [-0.4, -0.2) is 43.7 Å². The lowest BCUT2D eigenvalue weighted by molar-refractivity contribution is -0.117. The first-order chi connectivity index (χ1) is 10.1. The Morgan fingerprint density at radius 1 is 1.43 bits per heavy atom. The molecule has 1 aliphatic rings. The van der Waals surface area contributed by atoms with E-state index in [0.29, 0.717) is 12.5 Å². The maximum atomic E-state index is 12.2.